The van der Waals surface area contributed by atoms with Gasteiger partial charge in [0.1, 0.15) is 0 Å². The SMILES string of the molecule is O=C(Nc1cccc(-c2cnc[nH]2)c1)c1ccc(Br)cc1. The first kappa shape index (κ1) is 13.6. The van der Waals surface area contributed by atoms with E-state index in [9.17, 15) is 4.79 Å². The molecule has 5 heteroatoms. The van der Waals surface area contributed by atoms with Crippen LogP contribution in [0.4, 0.5) is 5.69 Å². The lowest BCUT2D eigenvalue weighted by Crippen LogP contribution is -2.11. The Morgan fingerprint density at radius 3 is 2.67 bits per heavy atom. The van der Waals surface area contributed by atoms with E-state index < -0.39 is 0 Å². The number of benzene rings is 2. The molecule has 0 fully saturated rings. The van der Waals surface area contributed by atoms with Crippen molar-refractivity contribution in [3.63, 3.8) is 0 Å². The van der Waals surface area contributed by atoms with Crippen LogP contribution in [0.25, 0.3) is 11.3 Å². The molecule has 0 unspecified atom stereocenters. The third-order valence-electron chi connectivity index (χ3n) is 3.04. The molecule has 0 aliphatic carbocycles. The largest absolute Gasteiger partial charge is 0.345 e. The lowest BCUT2D eigenvalue weighted by Gasteiger charge is -2.07. The first-order valence-electron chi connectivity index (χ1n) is 6.38. The van der Waals surface area contributed by atoms with E-state index in [0.717, 1.165) is 21.4 Å². The number of aromatic amines is 1. The van der Waals surface area contributed by atoms with Crippen LogP contribution < -0.4 is 5.32 Å². The third kappa shape index (κ3) is 3.20. The van der Waals surface area contributed by atoms with Gasteiger partial charge in [0.2, 0.25) is 0 Å². The first-order chi connectivity index (χ1) is 10.2. The molecule has 2 aromatic carbocycles. The second-order valence-corrected chi connectivity index (χ2v) is 5.42. The van der Waals surface area contributed by atoms with Crippen molar-refractivity contribution in [1.82, 2.24) is 9.97 Å². The Morgan fingerprint density at radius 1 is 1.14 bits per heavy atom. The van der Waals surface area contributed by atoms with Gasteiger partial charge in [-0.15, -0.1) is 0 Å². The Balaban J connectivity index is 1.80. The third-order valence-corrected chi connectivity index (χ3v) is 3.56. The number of aromatic nitrogens is 2. The average Bonchev–Trinajstić information content (AvgIpc) is 3.02. The van der Waals surface area contributed by atoms with E-state index in [1.165, 1.54) is 0 Å². The number of rotatable bonds is 3. The Morgan fingerprint density at radius 2 is 1.95 bits per heavy atom. The van der Waals surface area contributed by atoms with E-state index in [0.29, 0.717) is 5.56 Å². The molecule has 0 radical (unpaired) electrons. The molecule has 0 atom stereocenters. The molecule has 1 aromatic heterocycles. The van der Waals surface area contributed by atoms with Gasteiger partial charge in [0.15, 0.2) is 0 Å². The number of anilines is 1. The monoisotopic (exact) mass is 341 g/mol. The lowest BCUT2D eigenvalue weighted by molar-refractivity contribution is 0.102. The van der Waals surface area contributed by atoms with Gasteiger partial charge in [-0.05, 0) is 36.4 Å². The van der Waals surface area contributed by atoms with Crippen molar-refractivity contribution in [3.05, 3.63) is 71.1 Å². The highest BCUT2D eigenvalue weighted by Gasteiger charge is 2.07. The summed E-state index contributed by atoms with van der Waals surface area (Å²) in [7, 11) is 0. The van der Waals surface area contributed by atoms with Crippen molar-refractivity contribution in [1.29, 1.82) is 0 Å². The summed E-state index contributed by atoms with van der Waals surface area (Å²) in [6, 6.07) is 14.9. The number of hydrogen-bond acceptors (Lipinski definition) is 2. The van der Waals surface area contributed by atoms with Gasteiger partial charge in [-0.1, -0.05) is 28.1 Å². The number of carbonyl (C=O) groups excluding carboxylic acids is 1. The van der Waals surface area contributed by atoms with Crippen molar-refractivity contribution in [3.8, 4) is 11.3 Å². The van der Waals surface area contributed by atoms with Crippen LogP contribution in [0.2, 0.25) is 0 Å². The topological polar surface area (TPSA) is 57.8 Å². The average molecular weight is 342 g/mol. The maximum absolute atomic E-state index is 12.2. The van der Waals surface area contributed by atoms with E-state index >= 15 is 0 Å². The number of nitrogens with zero attached hydrogens (tertiary/aromatic N) is 1. The van der Waals surface area contributed by atoms with Gasteiger partial charge >= 0.3 is 0 Å². The number of amides is 1. The summed E-state index contributed by atoms with van der Waals surface area (Å²) < 4.78 is 0.945. The fourth-order valence-electron chi connectivity index (χ4n) is 1.98. The molecule has 0 aliphatic rings. The molecule has 3 aromatic rings. The molecule has 104 valence electrons. The highest BCUT2D eigenvalue weighted by atomic mass is 79.9. The van der Waals surface area contributed by atoms with Crippen molar-refractivity contribution in [2.24, 2.45) is 0 Å². The number of hydrogen-bond donors (Lipinski definition) is 2. The number of halogens is 1. The van der Waals surface area contributed by atoms with Crippen LogP contribution in [0.5, 0.6) is 0 Å². The first-order valence-corrected chi connectivity index (χ1v) is 7.17. The van der Waals surface area contributed by atoms with Crippen molar-refractivity contribution < 1.29 is 4.79 Å². The Hall–Kier alpha value is -2.40. The van der Waals surface area contributed by atoms with Crippen LogP contribution >= 0.6 is 15.9 Å². The predicted molar refractivity (Wildman–Crippen MR) is 86.1 cm³/mol. The molecule has 4 nitrogen and oxygen atoms in total. The lowest BCUT2D eigenvalue weighted by atomic mass is 10.1. The Kier molecular flexibility index (Phi) is 3.83. The van der Waals surface area contributed by atoms with Gasteiger partial charge in [0.25, 0.3) is 5.91 Å². The summed E-state index contributed by atoms with van der Waals surface area (Å²) in [6.45, 7) is 0. The quantitative estimate of drug-likeness (QED) is 0.753. The van der Waals surface area contributed by atoms with Crippen molar-refractivity contribution >= 4 is 27.5 Å². The number of H-pyrrole nitrogens is 1. The van der Waals surface area contributed by atoms with E-state index in [1.807, 2.05) is 36.4 Å². The van der Waals surface area contributed by atoms with Crippen molar-refractivity contribution in [2.45, 2.75) is 0 Å². The Labute approximate surface area is 130 Å². The normalized spacial score (nSPS) is 10.3. The number of imidazole rings is 1. The maximum atomic E-state index is 12.2. The van der Waals surface area contributed by atoms with Crippen LogP contribution in [0.15, 0.2) is 65.5 Å². The highest BCUT2D eigenvalue weighted by Crippen LogP contribution is 2.21. The standard InChI is InChI=1S/C16H12BrN3O/c17-13-6-4-11(5-7-13)16(21)20-14-3-1-2-12(8-14)15-9-18-10-19-15/h1-10H,(H,18,19)(H,20,21). The maximum Gasteiger partial charge on any atom is 0.255 e. The van der Waals surface area contributed by atoms with Crippen LogP contribution in [-0.4, -0.2) is 15.9 Å². The predicted octanol–water partition coefficient (Wildman–Crippen LogP) is 4.09. The molecular formula is C16H12BrN3O. The number of nitrogens with one attached hydrogen (secondary N) is 2. The summed E-state index contributed by atoms with van der Waals surface area (Å²) in [6.07, 6.45) is 3.37. The molecule has 2 N–H and O–H groups in total. The van der Waals surface area contributed by atoms with Crippen molar-refractivity contribution in [2.75, 3.05) is 5.32 Å². The molecule has 21 heavy (non-hydrogen) atoms. The molecular weight excluding hydrogens is 330 g/mol. The summed E-state index contributed by atoms with van der Waals surface area (Å²) in [5.41, 5.74) is 3.25. The molecule has 0 saturated carbocycles. The zero-order chi connectivity index (χ0) is 14.7. The van der Waals surface area contributed by atoms with E-state index in [2.05, 4.69) is 31.2 Å². The fourth-order valence-corrected chi connectivity index (χ4v) is 2.25. The van der Waals surface area contributed by atoms with Gasteiger partial charge in [-0.25, -0.2) is 4.98 Å². The zero-order valence-electron chi connectivity index (χ0n) is 11.0. The molecule has 0 bridgehead atoms. The smallest absolute Gasteiger partial charge is 0.255 e. The molecule has 1 amide bonds. The molecule has 0 aliphatic heterocycles. The van der Waals surface area contributed by atoms with Gasteiger partial charge in [0, 0.05) is 21.3 Å². The van der Waals surface area contributed by atoms with E-state index in [4.69, 9.17) is 0 Å². The minimum absolute atomic E-state index is 0.135. The number of carbonyl (C=O) groups is 1. The fraction of sp³-hybridized carbons (Fsp3) is 0. The minimum atomic E-state index is -0.135. The van der Waals surface area contributed by atoms with E-state index in [1.54, 1.807) is 24.7 Å². The van der Waals surface area contributed by atoms with Crippen LogP contribution in [-0.2, 0) is 0 Å². The molecule has 3 rings (SSSR count). The van der Waals surface area contributed by atoms with E-state index in [-0.39, 0.29) is 5.91 Å². The van der Waals surface area contributed by atoms with Crippen LogP contribution in [0.1, 0.15) is 10.4 Å². The van der Waals surface area contributed by atoms with Gasteiger partial charge < -0.3 is 10.3 Å². The van der Waals surface area contributed by atoms with Gasteiger partial charge in [-0.3, -0.25) is 4.79 Å². The molecule has 0 saturated heterocycles. The summed E-state index contributed by atoms with van der Waals surface area (Å²) in [5, 5.41) is 2.89. The Bertz CT molecular complexity index is 751. The summed E-state index contributed by atoms with van der Waals surface area (Å²) >= 11 is 3.35. The summed E-state index contributed by atoms with van der Waals surface area (Å²) in [5.74, 6) is -0.135. The van der Waals surface area contributed by atoms with Crippen LogP contribution in [0.3, 0.4) is 0 Å². The highest BCUT2D eigenvalue weighted by molar-refractivity contribution is 9.10. The summed E-state index contributed by atoms with van der Waals surface area (Å²) in [4.78, 5) is 19.2. The zero-order valence-corrected chi connectivity index (χ0v) is 12.6. The molecule has 0 spiro atoms. The second kappa shape index (κ2) is 5.93. The van der Waals surface area contributed by atoms with Gasteiger partial charge in [-0.2, -0.15) is 0 Å². The second-order valence-electron chi connectivity index (χ2n) is 4.51. The van der Waals surface area contributed by atoms with Crippen LogP contribution in [0, 0.1) is 0 Å². The molecule has 1 heterocycles. The minimum Gasteiger partial charge on any atom is -0.345 e. The van der Waals surface area contributed by atoms with Gasteiger partial charge in [0.05, 0.1) is 18.2 Å².